The number of hydrogen-bond acceptors (Lipinski definition) is 4. The number of carboxylic acids is 1. The zero-order valence-corrected chi connectivity index (χ0v) is 10.7. The molecule has 2 rings (SSSR count). The third kappa shape index (κ3) is 3.14. The third-order valence-corrected chi connectivity index (χ3v) is 2.63. The molecule has 1 amide bonds. The summed E-state index contributed by atoms with van der Waals surface area (Å²) in [7, 11) is 1.44. The number of nitrogens with one attached hydrogen (secondary N) is 2. The second-order valence-electron chi connectivity index (χ2n) is 4.03. The van der Waals surface area contributed by atoms with Crippen LogP contribution in [0.4, 0.5) is 5.69 Å². The Hall–Kier alpha value is -2.83. The number of carboxylic acid groups (broad SMARTS) is 1. The number of nitrogens with zero attached hydrogens (tertiary/aromatic N) is 1. The number of hydrogen-bond donors (Lipinski definition) is 3. The van der Waals surface area contributed by atoms with E-state index in [1.54, 1.807) is 12.3 Å². The minimum atomic E-state index is -1.07. The molecule has 0 atom stereocenters. The molecule has 7 nitrogen and oxygen atoms in total. The summed E-state index contributed by atoms with van der Waals surface area (Å²) >= 11 is 0. The van der Waals surface area contributed by atoms with Gasteiger partial charge in [0.05, 0.1) is 24.8 Å². The number of ether oxygens (including phenoxy) is 1. The molecule has 3 N–H and O–H groups in total. The van der Waals surface area contributed by atoms with Gasteiger partial charge in [-0.25, -0.2) is 4.79 Å². The van der Waals surface area contributed by atoms with Crippen LogP contribution in [0.1, 0.15) is 16.1 Å². The smallest absolute Gasteiger partial charge is 0.335 e. The molecule has 0 saturated heterocycles. The Labute approximate surface area is 114 Å². The summed E-state index contributed by atoms with van der Waals surface area (Å²) in [6.45, 7) is 0. The minimum Gasteiger partial charge on any atom is -0.495 e. The highest BCUT2D eigenvalue weighted by Crippen LogP contribution is 2.25. The third-order valence-electron chi connectivity index (χ3n) is 2.63. The molecule has 7 heteroatoms. The number of aromatic amines is 1. The molecule has 0 aliphatic rings. The van der Waals surface area contributed by atoms with Gasteiger partial charge in [-0.3, -0.25) is 9.89 Å². The highest BCUT2D eigenvalue weighted by Gasteiger charge is 2.12. The molecule has 0 aliphatic heterocycles. The summed E-state index contributed by atoms with van der Waals surface area (Å²) in [4.78, 5) is 22.8. The lowest BCUT2D eigenvalue weighted by Crippen LogP contribution is -2.15. The molecule has 20 heavy (non-hydrogen) atoms. The lowest BCUT2D eigenvalue weighted by molar-refractivity contribution is -0.115. The summed E-state index contributed by atoms with van der Waals surface area (Å²) in [5.74, 6) is -0.972. The monoisotopic (exact) mass is 275 g/mol. The highest BCUT2D eigenvalue weighted by molar-refractivity contribution is 5.96. The number of carbonyl (C=O) groups is 2. The number of benzene rings is 1. The van der Waals surface area contributed by atoms with E-state index in [0.717, 1.165) is 0 Å². The largest absolute Gasteiger partial charge is 0.495 e. The summed E-state index contributed by atoms with van der Waals surface area (Å²) in [6, 6.07) is 5.94. The molecule has 1 aromatic carbocycles. The minimum absolute atomic E-state index is 0.0719. The number of methoxy groups -OCH3 is 1. The van der Waals surface area contributed by atoms with E-state index >= 15 is 0 Å². The lowest BCUT2D eigenvalue weighted by atomic mass is 10.2. The SMILES string of the molecule is COc1ccc(C(=O)O)cc1NC(=O)Cc1ccn[nH]1. The molecule has 0 aliphatic carbocycles. The van der Waals surface area contributed by atoms with Crippen molar-refractivity contribution >= 4 is 17.6 Å². The quantitative estimate of drug-likeness (QED) is 0.762. The number of amides is 1. The van der Waals surface area contributed by atoms with Gasteiger partial charge in [0.2, 0.25) is 5.91 Å². The molecular weight excluding hydrogens is 262 g/mol. The van der Waals surface area contributed by atoms with E-state index in [9.17, 15) is 9.59 Å². The Morgan fingerprint density at radius 3 is 2.80 bits per heavy atom. The molecule has 104 valence electrons. The molecule has 2 aromatic rings. The van der Waals surface area contributed by atoms with E-state index in [1.807, 2.05) is 0 Å². The topological polar surface area (TPSA) is 104 Å². The van der Waals surface area contributed by atoms with Crippen molar-refractivity contribution in [1.82, 2.24) is 10.2 Å². The predicted octanol–water partition coefficient (Wildman–Crippen LogP) is 1.30. The van der Waals surface area contributed by atoms with E-state index in [0.29, 0.717) is 17.1 Å². The second-order valence-corrected chi connectivity index (χ2v) is 4.03. The first kappa shape index (κ1) is 13.6. The van der Waals surface area contributed by atoms with Crippen LogP contribution in [0.3, 0.4) is 0 Å². The maximum absolute atomic E-state index is 11.9. The summed E-state index contributed by atoms with van der Waals surface area (Å²) in [6.07, 6.45) is 1.66. The molecule has 0 saturated carbocycles. The maximum atomic E-state index is 11.9. The number of carbonyl (C=O) groups excluding carboxylic acids is 1. The molecule has 0 spiro atoms. The van der Waals surface area contributed by atoms with Crippen LogP contribution in [0, 0.1) is 0 Å². The van der Waals surface area contributed by atoms with Crippen LogP contribution in [0.2, 0.25) is 0 Å². The summed E-state index contributed by atoms with van der Waals surface area (Å²) < 4.78 is 5.09. The van der Waals surface area contributed by atoms with E-state index in [-0.39, 0.29) is 17.9 Å². The van der Waals surface area contributed by atoms with Gasteiger partial charge < -0.3 is 15.2 Å². The summed E-state index contributed by atoms with van der Waals surface area (Å²) in [5, 5.41) is 18.0. The van der Waals surface area contributed by atoms with Gasteiger partial charge in [-0.05, 0) is 24.3 Å². The van der Waals surface area contributed by atoms with Crippen molar-refractivity contribution in [2.45, 2.75) is 6.42 Å². The number of anilines is 1. The predicted molar refractivity (Wildman–Crippen MR) is 70.9 cm³/mol. The van der Waals surface area contributed by atoms with E-state index in [1.165, 1.54) is 25.3 Å². The van der Waals surface area contributed by atoms with Gasteiger partial charge in [0.15, 0.2) is 0 Å². The van der Waals surface area contributed by atoms with Gasteiger partial charge in [-0.1, -0.05) is 0 Å². The van der Waals surface area contributed by atoms with Crippen molar-refractivity contribution in [3.8, 4) is 5.75 Å². The van der Waals surface area contributed by atoms with Gasteiger partial charge in [-0.15, -0.1) is 0 Å². The van der Waals surface area contributed by atoms with Crippen LogP contribution in [-0.4, -0.2) is 34.3 Å². The van der Waals surface area contributed by atoms with Crippen LogP contribution in [0.25, 0.3) is 0 Å². The maximum Gasteiger partial charge on any atom is 0.335 e. The average Bonchev–Trinajstić information content (AvgIpc) is 2.91. The Morgan fingerprint density at radius 1 is 1.40 bits per heavy atom. The highest BCUT2D eigenvalue weighted by atomic mass is 16.5. The van der Waals surface area contributed by atoms with Gasteiger partial charge in [0.1, 0.15) is 5.75 Å². The molecule has 1 heterocycles. The summed E-state index contributed by atoms with van der Waals surface area (Å²) in [5.41, 5.74) is 1.05. The lowest BCUT2D eigenvalue weighted by Gasteiger charge is -2.10. The van der Waals surface area contributed by atoms with Gasteiger partial charge in [0, 0.05) is 11.9 Å². The molecule has 0 fully saturated rings. The number of rotatable bonds is 5. The van der Waals surface area contributed by atoms with Crippen LogP contribution in [0.15, 0.2) is 30.5 Å². The van der Waals surface area contributed by atoms with Crippen molar-refractivity contribution in [2.24, 2.45) is 0 Å². The van der Waals surface area contributed by atoms with Gasteiger partial charge in [0.25, 0.3) is 0 Å². The van der Waals surface area contributed by atoms with Crippen molar-refractivity contribution in [1.29, 1.82) is 0 Å². The molecule has 0 bridgehead atoms. The molecule has 1 aromatic heterocycles. The first-order valence-corrected chi connectivity index (χ1v) is 5.79. The van der Waals surface area contributed by atoms with Gasteiger partial charge >= 0.3 is 5.97 Å². The zero-order valence-electron chi connectivity index (χ0n) is 10.7. The fraction of sp³-hybridized carbons (Fsp3) is 0.154. The van der Waals surface area contributed by atoms with Gasteiger partial charge in [-0.2, -0.15) is 5.10 Å². The van der Waals surface area contributed by atoms with Crippen LogP contribution in [-0.2, 0) is 11.2 Å². The van der Waals surface area contributed by atoms with E-state index < -0.39 is 5.97 Å². The number of aromatic nitrogens is 2. The van der Waals surface area contributed by atoms with E-state index in [2.05, 4.69) is 15.5 Å². The number of H-pyrrole nitrogens is 1. The Morgan fingerprint density at radius 2 is 2.20 bits per heavy atom. The van der Waals surface area contributed by atoms with Crippen LogP contribution in [0.5, 0.6) is 5.75 Å². The van der Waals surface area contributed by atoms with Crippen LogP contribution < -0.4 is 10.1 Å². The van der Waals surface area contributed by atoms with Crippen molar-refractivity contribution in [3.05, 3.63) is 41.7 Å². The fourth-order valence-corrected chi connectivity index (χ4v) is 1.69. The van der Waals surface area contributed by atoms with Crippen molar-refractivity contribution < 1.29 is 19.4 Å². The van der Waals surface area contributed by atoms with Crippen molar-refractivity contribution in [2.75, 3.05) is 12.4 Å². The molecule has 0 unspecified atom stereocenters. The number of aromatic carboxylic acids is 1. The normalized spacial score (nSPS) is 10.1. The Bertz CT molecular complexity index is 623. The first-order chi connectivity index (χ1) is 9.60. The fourth-order valence-electron chi connectivity index (χ4n) is 1.69. The van der Waals surface area contributed by atoms with Crippen LogP contribution >= 0.6 is 0 Å². The standard InChI is InChI=1S/C13H13N3O4/c1-20-11-3-2-8(13(18)19)6-10(11)15-12(17)7-9-4-5-14-16-9/h2-6H,7H2,1H3,(H,14,16)(H,15,17)(H,18,19). The Balaban J connectivity index is 2.16. The van der Waals surface area contributed by atoms with Crippen molar-refractivity contribution in [3.63, 3.8) is 0 Å². The Kier molecular flexibility index (Phi) is 3.99. The molecule has 0 radical (unpaired) electrons. The second kappa shape index (κ2) is 5.87. The zero-order chi connectivity index (χ0) is 14.5. The first-order valence-electron chi connectivity index (χ1n) is 5.79. The molecular formula is C13H13N3O4. The van der Waals surface area contributed by atoms with E-state index in [4.69, 9.17) is 9.84 Å². The average molecular weight is 275 g/mol.